The van der Waals surface area contributed by atoms with Crippen LogP contribution in [0.2, 0.25) is 0 Å². The molecule has 0 saturated heterocycles. The zero-order valence-electron chi connectivity index (χ0n) is 11.0. The van der Waals surface area contributed by atoms with Crippen molar-refractivity contribution in [3.05, 3.63) is 45.3 Å². The smallest absolute Gasteiger partial charge is 0.235 e. The molecule has 104 valence electrons. The lowest BCUT2D eigenvalue weighted by Gasteiger charge is -2.02. The summed E-state index contributed by atoms with van der Waals surface area (Å²) in [5.74, 6) is 1.00. The van der Waals surface area contributed by atoms with E-state index in [1.165, 1.54) is 12.1 Å². The Hall–Kier alpha value is -2.30. The van der Waals surface area contributed by atoms with Gasteiger partial charge in [0.05, 0.1) is 4.92 Å². The first kappa shape index (κ1) is 12.7. The molecule has 0 bridgehead atoms. The zero-order valence-corrected chi connectivity index (χ0v) is 11.0. The Bertz CT molecular complexity index is 699. The van der Waals surface area contributed by atoms with Gasteiger partial charge in [0, 0.05) is 29.0 Å². The SMILES string of the molecule is O=[N+]([O-])/C=C/c1c(O)ccc2oc3c(c12)CCCCC3. The van der Waals surface area contributed by atoms with E-state index in [0.717, 1.165) is 55.0 Å². The Labute approximate surface area is 115 Å². The average molecular weight is 273 g/mol. The van der Waals surface area contributed by atoms with Crippen molar-refractivity contribution in [2.75, 3.05) is 0 Å². The van der Waals surface area contributed by atoms with Gasteiger partial charge in [-0.3, -0.25) is 10.1 Å². The highest BCUT2D eigenvalue weighted by molar-refractivity contribution is 5.93. The van der Waals surface area contributed by atoms with Gasteiger partial charge in [-0.2, -0.15) is 0 Å². The number of hydrogen-bond donors (Lipinski definition) is 1. The van der Waals surface area contributed by atoms with E-state index >= 15 is 0 Å². The number of furan rings is 1. The van der Waals surface area contributed by atoms with Gasteiger partial charge in [0.1, 0.15) is 17.1 Å². The van der Waals surface area contributed by atoms with Crippen LogP contribution in [0.5, 0.6) is 5.75 Å². The van der Waals surface area contributed by atoms with E-state index in [1.807, 2.05) is 0 Å². The normalized spacial score (nSPS) is 15.4. The molecule has 1 N–H and O–H groups in total. The molecule has 0 radical (unpaired) electrons. The van der Waals surface area contributed by atoms with Crippen LogP contribution in [-0.4, -0.2) is 10.0 Å². The van der Waals surface area contributed by atoms with Gasteiger partial charge >= 0.3 is 0 Å². The first-order valence-electron chi connectivity index (χ1n) is 6.75. The number of aromatic hydroxyl groups is 1. The molecule has 0 aliphatic heterocycles. The molecule has 0 unspecified atom stereocenters. The van der Waals surface area contributed by atoms with Crippen molar-refractivity contribution in [2.45, 2.75) is 32.1 Å². The highest BCUT2D eigenvalue weighted by Crippen LogP contribution is 2.37. The summed E-state index contributed by atoms with van der Waals surface area (Å²) in [5.41, 5.74) is 2.26. The summed E-state index contributed by atoms with van der Waals surface area (Å²) in [6.07, 6.45) is 7.32. The molecule has 5 heteroatoms. The molecule has 0 amide bonds. The molecule has 1 aliphatic rings. The van der Waals surface area contributed by atoms with Crippen molar-refractivity contribution in [3.63, 3.8) is 0 Å². The van der Waals surface area contributed by atoms with Crippen LogP contribution in [0.25, 0.3) is 17.0 Å². The van der Waals surface area contributed by atoms with E-state index in [4.69, 9.17) is 4.42 Å². The van der Waals surface area contributed by atoms with Crippen LogP contribution in [0.15, 0.2) is 22.7 Å². The minimum Gasteiger partial charge on any atom is -0.507 e. The van der Waals surface area contributed by atoms with Gasteiger partial charge in [0.2, 0.25) is 6.20 Å². The summed E-state index contributed by atoms with van der Waals surface area (Å²) in [4.78, 5) is 9.98. The predicted molar refractivity (Wildman–Crippen MR) is 75.2 cm³/mol. The number of phenols is 1. The zero-order chi connectivity index (χ0) is 14.1. The maximum Gasteiger partial charge on any atom is 0.235 e. The summed E-state index contributed by atoms with van der Waals surface area (Å²) >= 11 is 0. The molecule has 1 aromatic carbocycles. The fraction of sp³-hybridized carbons (Fsp3) is 0.333. The van der Waals surface area contributed by atoms with E-state index < -0.39 is 4.92 Å². The summed E-state index contributed by atoms with van der Waals surface area (Å²) < 4.78 is 5.86. The number of fused-ring (bicyclic) bond motifs is 3. The molecule has 20 heavy (non-hydrogen) atoms. The summed E-state index contributed by atoms with van der Waals surface area (Å²) in [6.45, 7) is 0. The van der Waals surface area contributed by atoms with Crippen molar-refractivity contribution in [3.8, 4) is 5.75 Å². The molecule has 2 aromatic rings. The largest absolute Gasteiger partial charge is 0.507 e. The molecule has 5 nitrogen and oxygen atoms in total. The highest BCUT2D eigenvalue weighted by atomic mass is 16.6. The van der Waals surface area contributed by atoms with Crippen LogP contribution in [0, 0.1) is 10.1 Å². The molecule has 1 aromatic heterocycles. The quantitative estimate of drug-likeness (QED) is 0.514. The Morgan fingerprint density at radius 1 is 1.25 bits per heavy atom. The van der Waals surface area contributed by atoms with Gasteiger partial charge in [0.15, 0.2) is 0 Å². The van der Waals surface area contributed by atoms with Crippen molar-refractivity contribution < 1.29 is 14.4 Å². The number of hydrogen-bond acceptors (Lipinski definition) is 4. The highest BCUT2D eigenvalue weighted by Gasteiger charge is 2.20. The molecule has 0 fully saturated rings. The van der Waals surface area contributed by atoms with Crippen molar-refractivity contribution >= 4 is 17.0 Å². The van der Waals surface area contributed by atoms with Crippen molar-refractivity contribution in [2.24, 2.45) is 0 Å². The third kappa shape index (κ3) is 2.15. The molecular formula is C15H15NO4. The lowest BCUT2D eigenvalue weighted by molar-refractivity contribution is -0.400. The topological polar surface area (TPSA) is 76.5 Å². The number of aryl methyl sites for hydroxylation is 2. The van der Waals surface area contributed by atoms with Crippen LogP contribution in [0.3, 0.4) is 0 Å². The number of benzene rings is 1. The monoisotopic (exact) mass is 273 g/mol. The van der Waals surface area contributed by atoms with Crippen molar-refractivity contribution in [1.29, 1.82) is 0 Å². The van der Waals surface area contributed by atoms with E-state index in [2.05, 4.69) is 0 Å². The van der Waals surface area contributed by atoms with Gasteiger partial charge in [-0.25, -0.2) is 0 Å². The lowest BCUT2D eigenvalue weighted by atomic mass is 10.0. The number of nitro groups is 1. The standard InChI is InChI=1S/C15H15NO4/c17-12-6-7-14-15(10(12)8-9-16(18)19)11-4-2-1-3-5-13(11)20-14/h6-9,17H,1-5H2/b9-8+. The molecule has 1 aliphatic carbocycles. The van der Waals surface area contributed by atoms with Gasteiger partial charge < -0.3 is 9.52 Å². The van der Waals surface area contributed by atoms with E-state index in [1.54, 1.807) is 6.07 Å². The lowest BCUT2D eigenvalue weighted by Crippen LogP contribution is -1.88. The van der Waals surface area contributed by atoms with Gasteiger partial charge in [-0.1, -0.05) is 6.42 Å². The fourth-order valence-electron chi connectivity index (χ4n) is 2.85. The van der Waals surface area contributed by atoms with Gasteiger partial charge in [-0.05, 0) is 31.4 Å². The molecular weight excluding hydrogens is 258 g/mol. The van der Waals surface area contributed by atoms with Crippen LogP contribution < -0.4 is 0 Å². The summed E-state index contributed by atoms with van der Waals surface area (Å²) in [7, 11) is 0. The van der Waals surface area contributed by atoms with Crippen LogP contribution in [0.1, 0.15) is 36.1 Å². The fourth-order valence-corrected chi connectivity index (χ4v) is 2.85. The predicted octanol–water partition coefficient (Wildman–Crippen LogP) is 3.65. The van der Waals surface area contributed by atoms with Crippen molar-refractivity contribution in [1.82, 2.24) is 0 Å². The Morgan fingerprint density at radius 2 is 2.05 bits per heavy atom. The molecule has 1 heterocycles. The third-order valence-electron chi connectivity index (χ3n) is 3.75. The third-order valence-corrected chi connectivity index (χ3v) is 3.75. The second-order valence-corrected chi connectivity index (χ2v) is 5.04. The molecule has 0 spiro atoms. The maximum atomic E-state index is 10.5. The van der Waals surface area contributed by atoms with Crippen LogP contribution in [0.4, 0.5) is 0 Å². The maximum absolute atomic E-state index is 10.5. The minimum absolute atomic E-state index is 0.0449. The Balaban J connectivity index is 2.24. The Morgan fingerprint density at radius 3 is 2.85 bits per heavy atom. The first-order valence-corrected chi connectivity index (χ1v) is 6.75. The number of phenolic OH excluding ortho intramolecular Hbond substituents is 1. The molecule has 0 saturated carbocycles. The second-order valence-electron chi connectivity index (χ2n) is 5.04. The first-order chi connectivity index (χ1) is 9.66. The van der Waals surface area contributed by atoms with E-state index in [9.17, 15) is 15.2 Å². The average Bonchev–Trinajstić information content (AvgIpc) is 2.61. The molecule has 3 rings (SSSR count). The second kappa shape index (κ2) is 5.00. The van der Waals surface area contributed by atoms with E-state index in [0.29, 0.717) is 11.1 Å². The number of rotatable bonds is 2. The number of nitrogens with zero attached hydrogens (tertiary/aromatic N) is 1. The van der Waals surface area contributed by atoms with E-state index in [-0.39, 0.29) is 5.75 Å². The minimum atomic E-state index is -0.531. The Kier molecular flexibility index (Phi) is 3.18. The summed E-state index contributed by atoms with van der Waals surface area (Å²) in [6, 6.07) is 3.24. The summed E-state index contributed by atoms with van der Waals surface area (Å²) in [5, 5.41) is 21.3. The van der Waals surface area contributed by atoms with Gasteiger partial charge in [-0.15, -0.1) is 0 Å². The van der Waals surface area contributed by atoms with Crippen LogP contribution >= 0.6 is 0 Å². The van der Waals surface area contributed by atoms with Gasteiger partial charge in [0.25, 0.3) is 0 Å². The van der Waals surface area contributed by atoms with Crippen LogP contribution in [-0.2, 0) is 12.8 Å². The molecule has 0 atom stereocenters.